The second kappa shape index (κ2) is 5.28. The summed E-state index contributed by atoms with van der Waals surface area (Å²) in [6.07, 6.45) is 1.79. The molecule has 1 heterocycles. The average molecular weight is 293 g/mol. The van der Waals surface area contributed by atoms with Gasteiger partial charge < -0.3 is 5.73 Å². The molecule has 0 radical (unpaired) electrons. The standard InChI is InChI=1S/C14H19N3O2S/c1-10(2)17-8-7-12(16-17)9-20(18,19)14-6-4-5-13(15)11(14)3/h4-8,10H,9,15H2,1-3H3. The van der Waals surface area contributed by atoms with Crippen molar-refractivity contribution < 1.29 is 8.42 Å². The van der Waals surface area contributed by atoms with Crippen molar-refractivity contribution in [2.24, 2.45) is 0 Å². The normalized spacial score (nSPS) is 12.0. The molecule has 108 valence electrons. The van der Waals surface area contributed by atoms with Crippen LogP contribution < -0.4 is 5.73 Å². The van der Waals surface area contributed by atoms with Gasteiger partial charge in [-0.15, -0.1) is 0 Å². The minimum atomic E-state index is -3.43. The van der Waals surface area contributed by atoms with E-state index in [4.69, 9.17) is 5.73 Å². The average Bonchev–Trinajstić information content (AvgIpc) is 2.80. The van der Waals surface area contributed by atoms with Gasteiger partial charge >= 0.3 is 0 Å². The molecule has 6 heteroatoms. The quantitative estimate of drug-likeness (QED) is 0.878. The van der Waals surface area contributed by atoms with Gasteiger partial charge in [-0.3, -0.25) is 4.68 Å². The van der Waals surface area contributed by atoms with E-state index in [9.17, 15) is 8.42 Å². The summed E-state index contributed by atoms with van der Waals surface area (Å²) >= 11 is 0. The molecule has 0 bridgehead atoms. The number of sulfone groups is 1. The summed E-state index contributed by atoms with van der Waals surface area (Å²) in [5, 5.41) is 4.28. The number of hydrogen-bond donors (Lipinski definition) is 1. The van der Waals surface area contributed by atoms with Crippen LogP contribution in [0.3, 0.4) is 0 Å². The lowest BCUT2D eigenvalue weighted by Crippen LogP contribution is -2.09. The van der Waals surface area contributed by atoms with Crippen LogP contribution >= 0.6 is 0 Å². The lowest BCUT2D eigenvalue weighted by molar-refractivity contribution is 0.527. The Balaban J connectivity index is 2.33. The van der Waals surface area contributed by atoms with Gasteiger partial charge in [0.15, 0.2) is 9.84 Å². The Bertz CT molecular complexity index is 718. The number of benzene rings is 1. The molecule has 0 unspecified atom stereocenters. The van der Waals surface area contributed by atoms with Crippen LogP contribution in [0.15, 0.2) is 35.4 Å². The maximum Gasteiger partial charge on any atom is 0.184 e. The molecular weight excluding hydrogens is 274 g/mol. The first-order valence-electron chi connectivity index (χ1n) is 6.43. The summed E-state index contributed by atoms with van der Waals surface area (Å²) in [6, 6.07) is 6.88. The van der Waals surface area contributed by atoms with E-state index in [0.717, 1.165) is 0 Å². The number of hydrogen-bond acceptors (Lipinski definition) is 4. The minimum absolute atomic E-state index is 0.114. The van der Waals surface area contributed by atoms with E-state index in [1.54, 1.807) is 42.1 Å². The van der Waals surface area contributed by atoms with Crippen molar-refractivity contribution in [3.8, 4) is 0 Å². The molecule has 2 aromatic rings. The van der Waals surface area contributed by atoms with Crippen LogP contribution in [0.2, 0.25) is 0 Å². The molecule has 2 rings (SSSR count). The van der Waals surface area contributed by atoms with Gasteiger partial charge in [0.25, 0.3) is 0 Å². The van der Waals surface area contributed by atoms with Gasteiger partial charge in [0, 0.05) is 17.9 Å². The highest BCUT2D eigenvalue weighted by Crippen LogP contribution is 2.23. The summed E-state index contributed by atoms with van der Waals surface area (Å²) in [5.74, 6) is -0.114. The Labute approximate surface area is 119 Å². The first-order valence-corrected chi connectivity index (χ1v) is 8.08. The van der Waals surface area contributed by atoms with Gasteiger partial charge in [-0.25, -0.2) is 8.42 Å². The van der Waals surface area contributed by atoms with Crippen LogP contribution in [0.5, 0.6) is 0 Å². The molecule has 0 saturated heterocycles. The maximum atomic E-state index is 12.4. The van der Waals surface area contributed by atoms with Crippen molar-refractivity contribution in [2.75, 3.05) is 5.73 Å². The summed E-state index contributed by atoms with van der Waals surface area (Å²) < 4.78 is 26.6. The van der Waals surface area contributed by atoms with Gasteiger partial charge in [0.1, 0.15) is 0 Å². The number of aromatic nitrogens is 2. The van der Waals surface area contributed by atoms with Crippen molar-refractivity contribution in [2.45, 2.75) is 37.5 Å². The molecular formula is C14H19N3O2S. The van der Waals surface area contributed by atoms with Crippen LogP contribution in [0, 0.1) is 6.92 Å². The molecule has 20 heavy (non-hydrogen) atoms. The SMILES string of the molecule is Cc1c(N)cccc1S(=O)(=O)Cc1ccn(C(C)C)n1. The molecule has 0 saturated carbocycles. The van der Waals surface area contributed by atoms with E-state index < -0.39 is 9.84 Å². The molecule has 0 aliphatic carbocycles. The monoisotopic (exact) mass is 293 g/mol. The fraction of sp³-hybridized carbons (Fsp3) is 0.357. The zero-order valence-corrected chi connectivity index (χ0v) is 12.7. The van der Waals surface area contributed by atoms with Crippen LogP contribution in [0.1, 0.15) is 31.1 Å². The van der Waals surface area contributed by atoms with E-state index in [0.29, 0.717) is 16.9 Å². The smallest absolute Gasteiger partial charge is 0.184 e. The summed E-state index contributed by atoms with van der Waals surface area (Å²) in [6.45, 7) is 5.70. The van der Waals surface area contributed by atoms with Crippen LogP contribution in [0.4, 0.5) is 5.69 Å². The van der Waals surface area contributed by atoms with Gasteiger partial charge in [-0.2, -0.15) is 5.10 Å². The van der Waals surface area contributed by atoms with Crippen molar-refractivity contribution >= 4 is 15.5 Å². The number of nitrogens with zero attached hydrogens (tertiary/aromatic N) is 2. The highest BCUT2D eigenvalue weighted by atomic mass is 32.2. The molecule has 0 spiro atoms. The molecule has 0 aliphatic rings. The zero-order valence-electron chi connectivity index (χ0n) is 11.9. The summed E-state index contributed by atoms with van der Waals surface area (Å²) in [5.41, 5.74) is 7.39. The van der Waals surface area contributed by atoms with Crippen LogP contribution in [-0.4, -0.2) is 18.2 Å². The van der Waals surface area contributed by atoms with E-state index >= 15 is 0 Å². The molecule has 0 fully saturated rings. The third kappa shape index (κ3) is 2.85. The predicted octanol–water partition coefficient (Wildman–Crippen LogP) is 2.33. The number of anilines is 1. The molecule has 0 amide bonds. The van der Waals surface area contributed by atoms with Crippen molar-refractivity contribution in [1.29, 1.82) is 0 Å². The minimum Gasteiger partial charge on any atom is -0.398 e. The third-order valence-corrected chi connectivity index (χ3v) is 4.98. The fourth-order valence-corrected chi connectivity index (χ4v) is 3.55. The Morgan fingerprint density at radius 1 is 1.30 bits per heavy atom. The van der Waals surface area contributed by atoms with Crippen molar-refractivity contribution in [3.63, 3.8) is 0 Å². The third-order valence-electron chi connectivity index (χ3n) is 3.19. The number of nitrogen functional groups attached to an aromatic ring is 1. The second-order valence-electron chi connectivity index (χ2n) is 5.11. The Morgan fingerprint density at radius 3 is 2.60 bits per heavy atom. The van der Waals surface area contributed by atoms with Crippen molar-refractivity contribution in [1.82, 2.24) is 9.78 Å². The van der Waals surface area contributed by atoms with Crippen LogP contribution in [-0.2, 0) is 15.6 Å². The lowest BCUT2D eigenvalue weighted by Gasteiger charge is -2.08. The van der Waals surface area contributed by atoms with Gasteiger partial charge in [-0.05, 0) is 44.5 Å². The zero-order chi connectivity index (χ0) is 14.9. The fourth-order valence-electron chi connectivity index (χ4n) is 1.98. The van der Waals surface area contributed by atoms with Crippen molar-refractivity contribution in [3.05, 3.63) is 41.7 Å². The summed E-state index contributed by atoms with van der Waals surface area (Å²) in [7, 11) is -3.43. The van der Waals surface area contributed by atoms with Gasteiger partial charge in [0.2, 0.25) is 0 Å². The Kier molecular flexibility index (Phi) is 3.85. The molecule has 1 aromatic carbocycles. The molecule has 1 aromatic heterocycles. The van der Waals surface area contributed by atoms with E-state index in [1.165, 1.54) is 0 Å². The van der Waals surface area contributed by atoms with Gasteiger partial charge in [0.05, 0.1) is 16.3 Å². The highest BCUT2D eigenvalue weighted by Gasteiger charge is 2.20. The highest BCUT2D eigenvalue weighted by molar-refractivity contribution is 7.90. The number of rotatable bonds is 4. The number of nitrogens with two attached hydrogens (primary N) is 1. The predicted molar refractivity (Wildman–Crippen MR) is 79.1 cm³/mol. The first-order chi connectivity index (χ1) is 9.31. The topological polar surface area (TPSA) is 78.0 Å². The molecule has 0 aliphatic heterocycles. The summed E-state index contributed by atoms with van der Waals surface area (Å²) in [4.78, 5) is 0.275. The molecule has 5 nitrogen and oxygen atoms in total. The second-order valence-corrected chi connectivity index (χ2v) is 7.07. The Morgan fingerprint density at radius 2 is 2.00 bits per heavy atom. The van der Waals surface area contributed by atoms with Gasteiger partial charge in [-0.1, -0.05) is 6.07 Å². The van der Waals surface area contributed by atoms with E-state index in [-0.39, 0.29) is 16.7 Å². The maximum absolute atomic E-state index is 12.4. The van der Waals surface area contributed by atoms with E-state index in [1.807, 2.05) is 13.8 Å². The first kappa shape index (κ1) is 14.6. The van der Waals surface area contributed by atoms with Crippen LogP contribution in [0.25, 0.3) is 0 Å². The lowest BCUT2D eigenvalue weighted by atomic mass is 10.2. The van der Waals surface area contributed by atoms with E-state index in [2.05, 4.69) is 5.10 Å². The largest absolute Gasteiger partial charge is 0.398 e. The molecule has 2 N–H and O–H groups in total. The molecule has 0 atom stereocenters. The Hall–Kier alpha value is -1.82.